The Morgan fingerprint density at radius 3 is 2.48 bits per heavy atom. The molecule has 1 aliphatic heterocycles. The first kappa shape index (κ1) is 20.6. The molecule has 3 aromatic rings. The standard InChI is InChI=1S/C25H22N2O3S/c1-17-8-11-21(12-9-17)30-16-19-14-18(10-13-23(19)29-2)15-22-24(28)27(25(31)26-22)20-6-4-3-5-7-20/h3-15H,16H2,1-2H3,(H,26,31)/b22-15+. The maximum absolute atomic E-state index is 12.9. The number of benzene rings is 3. The molecule has 0 atom stereocenters. The minimum absolute atomic E-state index is 0.190. The molecule has 1 aliphatic rings. The van der Waals surface area contributed by atoms with E-state index in [1.807, 2.05) is 79.7 Å². The Bertz CT molecular complexity index is 1140. The van der Waals surface area contributed by atoms with Crippen LogP contribution in [-0.2, 0) is 11.4 Å². The van der Waals surface area contributed by atoms with Crippen molar-refractivity contribution >= 4 is 35.0 Å². The summed E-state index contributed by atoms with van der Waals surface area (Å²) < 4.78 is 11.4. The normalized spacial score (nSPS) is 14.6. The lowest BCUT2D eigenvalue weighted by atomic mass is 10.1. The van der Waals surface area contributed by atoms with Crippen molar-refractivity contribution in [3.63, 3.8) is 0 Å². The van der Waals surface area contributed by atoms with E-state index < -0.39 is 0 Å². The highest BCUT2D eigenvalue weighted by Crippen LogP contribution is 2.26. The highest BCUT2D eigenvalue weighted by atomic mass is 32.1. The number of aryl methyl sites for hydroxylation is 1. The van der Waals surface area contributed by atoms with Gasteiger partial charge in [-0.15, -0.1) is 0 Å². The van der Waals surface area contributed by atoms with Gasteiger partial charge in [0.15, 0.2) is 5.11 Å². The number of methoxy groups -OCH3 is 1. The molecule has 0 bridgehead atoms. The molecule has 31 heavy (non-hydrogen) atoms. The highest BCUT2D eigenvalue weighted by Gasteiger charge is 2.31. The monoisotopic (exact) mass is 430 g/mol. The van der Waals surface area contributed by atoms with Gasteiger partial charge in [0, 0.05) is 5.56 Å². The van der Waals surface area contributed by atoms with E-state index in [4.69, 9.17) is 21.7 Å². The molecule has 0 aromatic heterocycles. The van der Waals surface area contributed by atoms with Crippen LogP contribution in [0.5, 0.6) is 11.5 Å². The SMILES string of the molecule is COc1ccc(/C=C2/NC(=S)N(c3ccccc3)C2=O)cc1COc1ccc(C)cc1. The minimum Gasteiger partial charge on any atom is -0.496 e. The van der Waals surface area contributed by atoms with Crippen molar-refractivity contribution in [3.05, 3.63) is 95.2 Å². The summed E-state index contributed by atoms with van der Waals surface area (Å²) >= 11 is 5.38. The lowest BCUT2D eigenvalue weighted by Crippen LogP contribution is -2.30. The second kappa shape index (κ2) is 9.02. The molecule has 1 saturated heterocycles. The van der Waals surface area contributed by atoms with Crippen LogP contribution in [-0.4, -0.2) is 18.1 Å². The summed E-state index contributed by atoms with van der Waals surface area (Å²) in [5.41, 5.74) is 4.05. The number of anilines is 1. The van der Waals surface area contributed by atoms with Gasteiger partial charge in [-0.3, -0.25) is 9.69 Å². The molecule has 0 spiro atoms. The van der Waals surface area contributed by atoms with Crippen molar-refractivity contribution in [1.29, 1.82) is 0 Å². The van der Waals surface area contributed by atoms with E-state index >= 15 is 0 Å². The van der Waals surface area contributed by atoms with Crippen molar-refractivity contribution in [2.45, 2.75) is 13.5 Å². The van der Waals surface area contributed by atoms with E-state index in [9.17, 15) is 4.79 Å². The van der Waals surface area contributed by atoms with Crippen LogP contribution in [0.2, 0.25) is 0 Å². The molecule has 0 aliphatic carbocycles. The summed E-state index contributed by atoms with van der Waals surface area (Å²) in [6.07, 6.45) is 1.78. The van der Waals surface area contributed by atoms with Crippen LogP contribution in [0.4, 0.5) is 5.69 Å². The van der Waals surface area contributed by atoms with Crippen molar-refractivity contribution in [1.82, 2.24) is 5.32 Å². The van der Waals surface area contributed by atoms with Crippen LogP contribution in [0.1, 0.15) is 16.7 Å². The third kappa shape index (κ3) is 4.59. The Kier molecular flexibility index (Phi) is 6.00. The van der Waals surface area contributed by atoms with Gasteiger partial charge in [0.25, 0.3) is 5.91 Å². The van der Waals surface area contributed by atoms with Gasteiger partial charge in [-0.2, -0.15) is 0 Å². The van der Waals surface area contributed by atoms with Crippen LogP contribution in [0.25, 0.3) is 6.08 Å². The van der Waals surface area contributed by atoms with E-state index in [0.717, 1.165) is 28.3 Å². The van der Waals surface area contributed by atoms with E-state index in [-0.39, 0.29) is 5.91 Å². The molecule has 1 amide bonds. The topological polar surface area (TPSA) is 50.8 Å². The molecule has 1 heterocycles. The first-order valence-electron chi connectivity index (χ1n) is 9.84. The van der Waals surface area contributed by atoms with Crippen LogP contribution in [0, 0.1) is 6.92 Å². The fraction of sp³-hybridized carbons (Fsp3) is 0.120. The Labute approximate surface area is 186 Å². The largest absolute Gasteiger partial charge is 0.496 e. The molecular weight excluding hydrogens is 408 g/mol. The number of rotatable bonds is 6. The minimum atomic E-state index is -0.190. The van der Waals surface area contributed by atoms with E-state index in [1.54, 1.807) is 13.2 Å². The lowest BCUT2D eigenvalue weighted by molar-refractivity contribution is -0.113. The van der Waals surface area contributed by atoms with E-state index in [2.05, 4.69) is 5.32 Å². The molecule has 5 nitrogen and oxygen atoms in total. The van der Waals surface area contributed by atoms with Crippen LogP contribution in [0.15, 0.2) is 78.5 Å². The number of nitrogens with zero attached hydrogens (tertiary/aromatic N) is 1. The number of carbonyl (C=O) groups excluding carboxylic acids is 1. The zero-order valence-electron chi connectivity index (χ0n) is 17.3. The molecule has 4 rings (SSSR count). The molecule has 1 N–H and O–H groups in total. The summed E-state index contributed by atoms with van der Waals surface area (Å²) in [5.74, 6) is 1.32. The van der Waals surface area contributed by atoms with Gasteiger partial charge in [0.2, 0.25) is 0 Å². The maximum atomic E-state index is 12.9. The van der Waals surface area contributed by atoms with Gasteiger partial charge in [0.05, 0.1) is 12.8 Å². The zero-order valence-corrected chi connectivity index (χ0v) is 18.1. The molecule has 0 unspecified atom stereocenters. The Balaban J connectivity index is 1.56. The molecule has 1 fully saturated rings. The number of hydrogen-bond donors (Lipinski definition) is 1. The van der Waals surface area contributed by atoms with Gasteiger partial charge in [0.1, 0.15) is 23.8 Å². The fourth-order valence-electron chi connectivity index (χ4n) is 3.31. The van der Waals surface area contributed by atoms with E-state index in [1.165, 1.54) is 10.5 Å². The number of carbonyl (C=O) groups is 1. The third-order valence-electron chi connectivity index (χ3n) is 4.92. The van der Waals surface area contributed by atoms with Crippen molar-refractivity contribution in [3.8, 4) is 11.5 Å². The van der Waals surface area contributed by atoms with Gasteiger partial charge >= 0.3 is 0 Å². The molecule has 0 radical (unpaired) electrons. The number of ether oxygens (including phenoxy) is 2. The Morgan fingerprint density at radius 1 is 1.03 bits per heavy atom. The quantitative estimate of drug-likeness (QED) is 0.448. The summed E-state index contributed by atoms with van der Waals surface area (Å²) in [6.45, 7) is 2.38. The van der Waals surface area contributed by atoms with Crippen molar-refractivity contribution < 1.29 is 14.3 Å². The van der Waals surface area contributed by atoms with Gasteiger partial charge < -0.3 is 14.8 Å². The number of hydrogen-bond acceptors (Lipinski definition) is 4. The average Bonchev–Trinajstić information content (AvgIpc) is 3.06. The third-order valence-corrected chi connectivity index (χ3v) is 5.21. The van der Waals surface area contributed by atoms with Crippen LogP contribution >= 0.6 is 12.2 Å². The number of amides is 1. The second-order valence-electron chi connectivity index (χ2n) is 7.14. The molecule has 0 saturated carbocycles. The number of nitrogens with one attached hydrogen (secondary N) is 1. The summed E-state index contributed by atoms with van der Waals surface area (Å²) in [5, 5.41) is 3.38. The average molecular weight is 431 g/mol. The summed E-state index contributed by atoms with van der Waals surface area (Å²) in [4.78, 5) is 14.4. The molecular formula is C25H22N2O3S. The predicted molar refractivity (Wildman–Crippen MR) is 126 cm³/mol. The van der Waals surface area contributed by atoms with Crippen molar-refractivity contribution in [2.24, 2.45) is 0 Å². The summed E-state index contributed by atoms with van der Waals surface area (Å²) in [7, 11) is 1.63. The van der Waals surface area contributed by atoms with Crippen LogP contribution < -0.4 is 19.7 Å². The second-order valence-corrected chi connectivity index (χ2v) is 7.52. The van der Waals surface area contributed by atoms with Crippen LogP contribution in [0.3, 0.4) is 0 Å². The van der Waals surface area contributed by atoms with Crippen molar-refractivity contribution in [2.75, 3.05) is 12.0 Å². The first-order chi connectivity index (χ1) is 15.0. The predicted octanol–water partition coefficient (Wildman–Crippen LogP) is 4.84. The molecule has 6 heteroatoms. The summed E-state index contributed by atoms with van der Waals surface area (Å²) in [6, 6.07) is 22.9. The lowest BCUT2D eigenvalue weighted by Gasteiger charge is -2.13. The number of thiocarbonyl (C=S) groups is 1. The van der Waals surface area contributed by atoms with Gasteiger partial charge in [-0.05, 0) is 67.2 Å². The zero-order chi connectivity index (χ0) is 21.8. The molecule has 156 valence electrons. The Morgan fingerprint density at radius 2 is 1.77 bits per heavy atom. The van der Waals surface area contributed by atoms with Gasteiger partial charge in [-0.25, -0.2) is 0 Å². The Hall–Kier alpha value is -3.64. The van der Waals surface area contributed by atoms with E-state index in [0.29, 0.717) is 17.4 Å². The fourth-order valence-corrected chi connectivity index (χ4v) is 3.61. The maximum Gasteiger partial charge on any atom is 0.281 e. The smallest absolute Gasteiger partial charge is 0.281 e. The highest BCUT2D eigenvalue weighted by molar-refractivity contribution is 7.80. The molecule has 3 aromatic carbocycles. The van der Waals surface area contributed by atoms with Gasteiger partial charge in [-0.1, -0.05) is 42.0 Å². The number of para-hydroxylation sites is 1. The first-order valence-corrected chi connectivity index (χ1v) is 10.2.